The molecule has 0 bridgehead atoms. The molecule has 0 aliphatic carbocycles. The Labute approximate surface area is 103 Å². The summed E-state index contributed by atoms with van der Waals surface area (Å²) in [5, 5.41) is 3.32. The van der Waals surface area contributed by atoms with Gasteiger partial charge in [0, 0.05) is 26.2 Å². The number of rotatable bonds is 5. The van der Waals surface area contributed by atoms with Crippen molar-refractivity contribution in [3.8, 4) is 0 Å². The molecule has 0 aromatic rings. The molecule has 0 aromatic heterocycles. The standard InChI is InChI=1S/C10H21N3O3S/c1-8-10-6-11-5-9(10)7-13(8)17(14,15)12-3-4-16-2/h8-12H,3-7H2,1-2H3. The highest BCUT2D eigenvalue weighted by molar-refractivity contribution is 7.87. The van der Waals surface area contributed by atoms with Crippen molar-refractivity contribution in [1.82, 2.24) is 14.3 Å². The first-order valence-corrected chi connectivity index (χ1v) is 7.46. The fraction of sp³-hybridized carbons (Fsp3) is 1.00. The number of nitrogens with zero attached hydrogens (tertiary/aromatic N) is 1. The maximum atomic E-state index is 12.1. The van der Waals surface area contributed by atoms with Gasteiger partial charge in [0.1, 0.15) is 0 Å². The van der Waals surface area contributed by atoms with Crippen LogP contribution in [0.4, 0.5) is 0 Å². The molecule has 2 N–H and O–H groups in total. The Bertz CT molecular complexity index is 360. The van der Waals surface area contributed by atoms with E-state index in [0.29, 0.717) is 31.5 Å². The number of fused-ring (bicyclic) bond motifs is 1. The molecule has 0 aromatic carbocycles. The highest BCUT2D eigenvalue weighted by Gasteiger charge is 2.46. The summed E-state index contributed by atoms with van der Waals surface area (Å²) in [7, 11) is -1.79. The first-order chi connectivity index (χ1) is 8.06. The molecule has 0 spiro atoms. The number of nitrogens with one attached hydrogen (secondary N) is 2. The Hall–Kier alpha value is -0.210. The van der Waals surface area contributed by atoms with Gasteiger partial charge in [-0.3, -0.25) is 0 Å². The van der Waals surface area contributed by atoms with Crippen molar-refractivity contribution in [1.29, 1.82) is 0 Å². The van der Waals surface area contributed by atoms with Crippen molar-refractivity contribution >= 4 is 10.2 Å². The minimum Gasteiger partial charge on any atom is -0.383 e. The summed E-state index contributed by atoms with van der Waals surface area (Å²) in [5.74, 6) is 0.915. The SMILES string of the molecule is COCCNS(=O)(=O)N1CC2CNCC2C1C. The van der Waals surface area contributed by atoms with Crippen LogP contribution in [0, 0.1) is 11.8 Å². The molecule has 0 amide bonds. The van der Waals surface area contributed by atoms with Crippen LogP contribution in [0.2, 0.25) is 0 Å². The molecule has 2 rings (SSSR count). The lowest BCUT2D eigenvalue weighted by molar-refractivity contribution is 0.203. The van der Waals surface area contributed by atoms with Gasteiger partial charge in [-0.05, 0) is 31.8 Å². The minimum absolute atomic E-state index is 0.0787. The van der Waals surface area contributed by atoms with Crippen molar-refractivity contribution in [2.75, 3.05) is 39.9 Å². The third kappa shape index (κ3) is 2.63. The van der Waals surface area contributed by atoms with Gasteiger partial charge in [0.25, 0.3) is 10.2 Å². The van der Waals surface area contributed by atoms with Gasteiger partial charge in [-0.15, -0.1) is 0 Å². The van der Waals surface area contributed by atoms with Crippen LogP contribution in [0.25, 0.3) is 0 Å². The molecular formula is C10H21N3O3S. The van der Waals surface area contributed by atoms with Crippen LogP contribution in [0.5, 0.6) is 0 Å². The first kappa shape index (κ1) is 13.2. The maximum absolute atomic E-state index is 12.1. The third-order valence-electron chi connectivity index (χ3n) is 3.78. The topological polar surface area (TPSA) is 70.7 Å². The first-order valence-electron chi connectivity index (χ1n) is 6.02. The molecule has 3 atom stereocenters. The van der Waals surface area contributed by atoms with E-state index in [9.17, 15) is 8.42 Å². The molecule has 0 radical (unpaired) electrons. The predicted molar refractivity (Wildman–Crippen MR) is 64.8 cm³/mol. The summed E-state index contributed by atoms with van der Waals surface area (Å²) in [6, 6.07) is 0.0787. The summed E-state index contributed by atoms with van der Waals surface area (Å²) >= 11 is 0. The summed E-state index contributed by atoms with van der Waals surface area (Å²) in [5.41, 5.74) is 0. The lowest BCUT2D eigenvalue weighted by Gasteiger charge is -2.23. The van der Waals surface area contributed by atoms with E-state index in [-0.39, 0.29) is 6.04 Å². The van der Waals surface area contributed by atoms with E-state index in [1.807, 2.05) is 6.92 Å². The predicted octanol–water partition coefficient (Wildman–Crippen LogP) is -0.993. The molecule has 2 saturated heterocycles. The maximum Gasteiger partial charge on any atom is 0.279 e. The Morgan fingerprint density at radius 1 is 1.47 bits per heavy atom. The zero-order chi connectivity index (χ0) is 12.5. The molecule has 6 nitrogen and oxygen atoms in total. The van der Waals surface area contributed by atoms with Crippen LogP contribution in [0.15, 0.2) is 0 Å². The van der Waals surface area contributed by atoms with E-state index in [4.69, 9.17) is 4.74 Å². The monoisotopic (exact) mass is 263 g/mol. The van der Waals surface area contributed by atoms with Gasteiger partial charge in [-0.2, -0.15) is 17.4 Å². The minimum atomic E-state index is -3.35. The fourth-order valence-electron chi connectivity index (χ4n) is 2.80. The zero-order valence-electron chi connectivity index (χ0n) is 10.3. The van der Waals surface area contributed by atoms with E-state index in [0.717, 1.165) is 13.1 Å². The highest BCUT2D eigenvalue weighted by atomic mass is 32.2. The molecular weight excluding hydrogens is 242 g/mol. The van der Waals surface area contributed by atoms with Crippen LogP contribution in [-0.4, -0.2) is 58.7 Å². The largest absolute Gasteiger partial charge is 0.383 e. The van der Waals surface area contributed by atoms with E-state index < -0.39 is 10.2 Å². The Balaban J connectivity index is 1.98. The molecule has 7 heteroatoms. The highest BCUT2D eigenvalue weighted by Crippen LogP contribution is 2.33. The quantitative estimate of drug-likeness (QED) is 0.625. The van der Waals surface area contributed by atoms with Crippen LogP contribution in [0.3, 0.4) is 0 Å². The van der Waals surface area contributed by atoms with E-state index in [1.165, 1.54) is 0 Å². The van der Waals surface area contributed by atoms with Crippen molar-refractivity contribution in [3.63, 3.8) is 0 Å². The van der Waals surface area contributed by atoms with E-state index in [2.05, 4.69) is 10.0 Å². The second-order valence-electron chi connectivity index (χ2n) is 4.78. The van der Waals surface area contributed by atoms with Gasteiger partial charge in [0.05, 0.1) is 6.61 Å². The Morgan fingerprint density at radius 3 is 2.88 bits per heavy atom. The average molecular weight is 263 g/mol. The number of hydrogen-bond acceptors (Lipinski definition) is 4. The summed E-state index contributed by atoms with van der Waals surface area (Å²) < 4.78 is 33.2. The molecule has 0 saturated carbocycles. The van der Waals surface area contributed by atoms with Crippen molar-refractivity contribution in [2.45, 2.75) is 13.0 Å². The molecule has 2 fully saturated rings. The van der Waals surface area contributed by atoms with Gasteiger partial charge in [0.15, 0.2) is 0 Å². The van der Waals surface area contributed by atoms with Gasteiger partial charge < -0.3 is 10.1 Å². The van der Waals surface area contributed by atoms with E-state index in [1.54, 1.807) is 11.4 Å². The van der Waals surface area contributed by atoms with Crippen LogP contribution in [0.1, 0.15) is 6.92 Å². The zero-order valence-corrected chi connectivity index (χ0v) is 11.2. The van der Waals surface area contributed by atoms with Crippen LogP contribution in [-0.2, 0) is 14.9 Å². The fourth-order valence-corrected chi connectivity index (χ4v) is 4.29. The van der Waals surface area contributed by atoms with Gasteiger partial charge in [-0.1, -0.05) is 0 Å². The molecule has 3 unspecified atom stereocenters. The van der Waals surface area contributed by atoms with Crippen LogP contribution < -0.4 is 10.0 Å². The molecule has 17 heavy (non-hydrogen) atoms. The summed E-state index contributed by atoms with van der Waals surface area (Å²) in [6.45, 7) is 5.20. The van der Waals surface area contributed by atoms with Crippen molar-refractivity contribution in [2.24, 2.45) is 11.8 Å². The van der Waals surface area contributed by atoms with Gasteiger partial charge in [-0.25, -0.2) is 0 Å². The lowest BCUT2D eigenvalue weighted by atomic mass is 9.95. The second-order valence-corrected chi connectivity index (χ2v) is 6.49. The summed E-state index contributed by atoms with van der Waals surface area (Å²) in [4.78, 5) is 0. The number of methoxy groups -OCH3 is 1. The Kier molecular flexibility index (Phi) is 4.04. The third-order valence-corrected chi connectivity index (χ3v) is 5.45. The van der Waals surface area contributed by atoms with Gasteiger partial charge >= 0.3 is 0 Å². The van der Waals surface area contributed by atoms with Crippen molar-refractivity contribution < 1.29 is 13.2 Å². The number of ether oxygens (including phenoxy) is 1. The number of hydrogen-bond donors (Lipinski definition) is 2. The molecule has 100 valence electrons. The van der Waals surface area contributed by atoms with Crippen LogP contribution >= 0.6 is 0 Å². The summed E-state index contributed by atoms with van der Waals surface area (Å²) in [6.07, 6.45) is 0. The second kappa shape index (κ2) is 5.19. The molecule has 2 aliphatic heterocycles. The average Bonchev–Trinajstić information content (AvgIpc) is 2.82. The molecule has 2 heterocycles. The van der Waals surface area contributed by atoms with E-state index >= 15 is 0 Å². The molecule has 2 aliphatic rings. The Morgan fingerprint density at radius 2 is 2.24 bits per heavy atom. The van der Waals surface area contributed by atoms with Crippen molar-refractivity contribution in [3.05, 3.63) is 0 Å². The van der Waals surface area contributed by atoms with Gasteiger partial charge in [0.2, 0.25) is 0 Å². The normalized spacial score (nSPS) is 34.1. The lowest BCUT2D eigenvalue weighted by Crippen LogP contribution is -2.45. The smallest absolute Gasteiger partial charge is 0.279 e.